The summed E-state index contributed by atoms with van der Waals surface area (Å²) in [5.74, 6) is -0.323. The number of hydrogen-bond donors (Lipinski definition) is 1. The number of aromatic nitrogens is 4. The van der Waals surface area contributed by atoms with Gasteiger partial charge in [0.15, 0.2) is 5.65 Å². The fourth-order valence-corrected chi connectivity index (χ4v) is 3.58. The quantitative estimate of drug-likeness (QED) is 0.340. The van der Waals surface area contributed by atoms with Gasteiger partial charge in [-0.15, -0.1) is 0 Å². The molecule has 4 aromatic rings. The van der Waals surface area contributed by atoms with Crippen molar-refractivity contribution in [3.05, 3.63) is 105 Å². The van der Waals surface area contributed by atoms with E-state index in [1.165, 1.54) is 14.7 Å². The maximum Gasteiger partial charge on any atom is 0.318 e. The fraction of sp³-hybridized carbons (Fsp3) is 0.208. The molecule has 32 heavy (non-hydrogen) atoms. The summed E-state index contributed by atoms with van der Waals surface area (Å²) >= 11 is 0. The van der Waals surface area contributed by atoms with Gasteiger partial charge in [0, 0.05) is 25.1 Å². The molecule has 0 fully saturated rings. The van der Waals surface area contributed by atoms with Crippen molar-refractivity contribution in [3.63, 3.8) is 0 Å². The van der Waals surface area contributed by atoms with Crippen molar-refractivity contribution in [2.75, 3.05) is 6.54 Å². The normalized spacial score (nSPS) is 10.9. The summed E-state index contributed by atoms with van der Waals surface area (Å²) < 4.78 is 2.53. The minimum absolute atomic E-state index is 0.191. The number of benzene rings is 1. The highest BCUT2D eigenvalue weighted by Crippen LogP contribution is 2.09. The molecular weight excluding hydrogens is 406 g/mol. The van der Waals surface area contributed by atoms with Crippen LogP contribution in [0.3, 0.4) is 0 Å². The Balaban J connectivity index is 1.52. The predicted molar refractivity (Wildman–Crippen MR) is 121 cm³/mol. The lowest BCUT2D eigenvalue weighted by molar-refractivity contribution is -0.121. The minimum atomic E-state index is -0.751. The van der Waals surface area contributed by atoms with Crippen LogP contribution in [-0.4, -0.2) is 31.6 Å². The van der Waals surface area contributed by atoms with Crippen LogP contribution in [0.15, 0.2) is 82.8 Å². The molecule has 0 atom stereocenters. The number of nitrogens with one attached hydrogen (secondary N) is 1. The lowest BCUT2D eigenvalue weighted by atomic mass is 10.1. The highest BCUT2D eigenvalue weighted by Gasteiger charge is 2.16. The minimum Gasteiger partial charge on any atom is -0.355 e. The van der Waals surface area contributed by atoms with E-state index in [0.717, 1.165) is 18.4 Å². The third-order valence-corrected chi connectivity index (χ3v) is 5.18. The van der Waals surface area contributed by atoms with E-state index in [1.807, 2.05) is 30.3 Å². The molecule has 1 amide bonds. The Labute approximate surface area is 184 Å². The Bertz CT molecular complexity index is 1330. The number of pyridine rings is 2. The molecule has 0 unspecified atom stereocenters. The Hall–Kier alpha value is -4.07. The summed E-state index contributed by atoms with van der Waals surface area (Å²) in [4.78, 5) is 46.5. The zero-order valence-electron chi connectivity index (χ0n) is 17.5. The SMILES string of the molecule is O=C(Cn1c(=O)c(=O)n(Cc2ccncc2)c2ncccc21)NCCCc1ccccc1. The van der Waals surface area contributed by atoms with Crippen molar-refractivity contribution < 1.29 is 4.79 Å². The third kappa shape index (κ3) is 4.80. The van der Waals surface area contributed by atoms with E-state index >= 15 is 0 Å². The number of carbonyl (C=O) groups is 1. The number of carbonyl (C=O) groups excluding carboxylic acids is 1. The van der Waals surface area contributed by atoms with E-state index in [1.54, 1.807) is 42.9 Å². The van der Waals surface area contributed by atoms with Crippen molar-refractivity contribution in [1.29, 1.82) is 0 Å². The summed E-state index contributed by atoms with van der Waals surface area (Å²) in [5.41, 5.74) is 1.34. The monoisotopic (exact) mass is 429 g/mol. The largest absolute Gasteiger partial charge is 0.355 e. The molecule has 3 heterocycles. The molecule has 0 aliphatic rings. The maximum absolute atomic E-state index is 12.9. The van der Waals surface area contributed by atoms with Crippen LogP contribution in [-0.2, 0) is 24.3 Å². The molecule has 1 aromatic carbocycles. The summed E-state index contributed by atoms with van der Waals surface area (Å²) in [5, 5.41) is 2.83. The number of rotatable bonds is 8. The first-order valence-corrected chi connectivity index (χ1v) is 10.4. The standard InChI is InChI=1S/C24H23N5O3/c30-21(26-12-4-8-18-6-2-1-3-7-18)17-28-20-9-5-13-27-22(20)29(24(32)23(28)31)16-19-10-14-25-15-11-19/h1-3,5-7,9-11,13-15H,4,8,12,16-17H2,(H,26,30). The van der Waals surface area contributed by atoms with Gasteiger partial charge in [-0.1, -0.05) is 30.3 Å². The van der Waals surface area contributed by atoms with Gasteiger partial charge in [-0.2, -0.15) is 0 Å². The lowest BCUT2D eigenvalue weighted by Gasteiger charge is -2.14. The van der Waals surface area contributed by atoms with Crippen LogP contribution in [0.1, 0.15) is 17.5 Å². The molecule has 4 rings (SSSR count). The van der Waals surface area contributed by atoms with Gasteiger partial charge in [0.1, 0.15) is 6.54 Å². The van der Waals surface area contributed by atoms with Crippen LogP contribution in [0.2, 0.25) is 0 Å². The van der Waals surface area contributed by atoms with Gasteiger partial charge < -0.3 is 5.32 Å². The molecule has 0 aliphatic heterocycles. The first-order chi connectivity index (χ1) is 15.6. The highest BCUT2D eigenvalue weighted by molar-refractivity contribution is 5.78. The zero-order valence-corrected chi connectivity index (χ0v) is 17.5. The molecule has 1 N–H and O–H groups in total. The van der Waals surface area contributed by atoms with Crippen molar-refractivity contribution in [1.82, 2.24) is 24.4 Å². The molecule has 0 bridgehead atoms. The average Bonchev–Trinajstić information content (AvgIpc) is 2.83. The Kier molecular flexibility index (Phi) is 6.50. The first kappa shape index (κ1) is 21.2. The Morgan fingerprint density at radius 1 is 0.844 bits per heavy atom. The van der Waals surface area contributed by atoms with Crippen LogP contribution in [0.25, 0.3) is 11.2 Å². The predicted octanol–water partition coefficient (Wildman–Crippen LogP) is 1.75. The molecule has 0 saturated heterocycles. The molecule has 0 saturated carbocycles. The Morgan fingerprint density at radius 2 is 1.59 bits per heavy atom. The van der Waals surface area contributed by atoms with E-state index in [9.17, 15) is 14.4 Å². The van der Waals surface area contributed by atoms with E-state index < -0.39 is 11.1 Å². The smallest absolute Gasteiger partial charge is 0.318 e. The summed E-state index contributed by atoms with van der Waals surface area (Å²) in [6.07, 6.45) is 6.43. The molecule has 8 heteroatoms. The molecule has 8 nitrogen and oxygen atoms in total. The van der Waals surface area contributed by atoms with Crippen LogP contribution < -0.4 is 16.4 Å². The highest BCUT2D eigenvalue weighted by atomic mass is 16.2. The summed E-state index contributed by atoms with van der Waals surface area (Å²) in [6, 6.07) is 16.9. The number of nitrogens with zero attached hydrogens (tertiary/aromatic N) is 4. The van der Waals surface area contributed by atoms with Gasteiger partial charge >= 0.3 is 11.1 Å². The topological polar surface area (TPSA) is 98.9 Å². The van der Waals surface area contributed by atoms with E-state index in [2.05, 4.69) is 15.3 Å². The van der Waals surface area contributed by atoms with Gasteiger partial charge in [0.05, 0.1) is 12.1 Å². The summed E-state index contributed by atoms with van der Waals surface area (Å²) in [7, 11) is 0. The molecule has 0 aliphatic carbocycles. The molecule has 0 radical (unpaired) electrons. The average molecular weight is 429 g/mol. The number of fused-ring (bicyclic) bond motifs is 1. The second-order valence-corrected chi connectivity index (χ2v) is 7.42. The molecule has 0 spiro atoms. The van der Waals surface area contributed by atoms with Gasteiger partial charge in [0.2, 0.25) is 5.91 Å². The molecule has 162 valence electrons. The van der Waals surface area contributed by atoms with Crippen molar-refractivity contribution in [2.45, 2.75) is 25.9 Å². The number of hydrogen-bond acceptors (Lipinski definition) is 5. The van der Waals surface area contributed by atoms with Gasteiger partial charge in [-0.05, 0) is 48.2 Å². The van der Waals surface area contributed by atoms with Crippen LogP contribution in [0.5, 0.6) is 0 Å². The lowest BCUT2D eigenvalue weighted by Crippen LogP contribution is -2.44. The van der Waals surface area contributed by atoms with E-state index in [-0.39, 0.29) is 19.0 Å². The molecular formula is C24H23N5O3. The second-order valence-electron chi connectivity index (χ2n) is 7.42. The van der Waals surface area contributed by atoms with Gasteiger partial charge in [0.25, 0.3) is 0 Å². The van der Waals surface area contributed by atoms with E-state index in [4.69, 9.17) is 0 Å². The zero-order chi connectivity index (χ0) is 22.3. The first-order valence-electron chi connectivity index (χ1n) is 10.4. The molecule has 3 aromatic heterocycles. The number of amides is 1. The second kappa shape index (κ2) is 9.82. The Morgan fingerprint density at radius 3 is 2.38 bits per heavy atom. The third-order valence-electron chi connectivity index (χ3n) is 5.18. The van der Waals surface area contributed by atoms with Crippen molar-refractivity contribution >= 4 is 17.1 Å². The maximum atomic E-state index is 12.9. The summed E-state index contributed by atoms with van der Waals surface area (Å²) in [6.45, 7) is 0.437. The number of aryl methyl sites for hydroxylation is 1. The van der Waals surface area contributed by atoms with Crippen molar-refractivity contribution in [2.24, 2.45) is 0 Å². The van der Waals surface area contributed by atoms with Crippen LogP contribution in [0.4, 0.5) is 0 Å². The van der Waals surface area contributed by atoms with Crippen LogP contribution in [0, 0.1) is 0 Å². The van der Waals surface area contributed by atoms with Gasteiger partial charge in [-0.25, -0.2) is 4.98 Å². The fourth-order valence-electron chi connectivity index (χ4n) is 3.58. The van der Waals surface area contributed by atoms with Gasteiger partial charge in [-0.3, -0.25) is 28.5 Å². The van der Waals surface area contributed by atoms with E-state index in [0.29, 0.717) is 17.7 Å². The van der Waals surface area contributed by atoms with Crippen LogP contribution >= 0.6 is 0 Å². The van der Waals surface area contributed by atoms with Crippen molar-refractivity contribution in [3.8, 4) is 0 Å².